The molecular weight excluding hydrogens is 158 g/mol. The van der Waals surface area contributed by atoms with E-state index in [1.807, 2.05) is 0 Å². The molecule has 58 valence electrons. The highest BCUT2D eigenvalue weighted by atomic mass is 35.5. The van der Waals surface area contributed by atoms with Gasteiger partial charge in [-0.25, -0.2) is 4.79 Å². The molecule has 1 N–H and O–H groups in total. The number of rotatable bonds is 2. The van der Waals surface area contributed by atoms with Crippen LogP contribution in [0, 0.1) is 0 Å². The van der Waals surface area contributed by atoms with Crippen molar-refractivity contribution >= 4 is 22.9 Å². The maximum Gasteiger partial charge on any atom is 0.407 e. The average molecular weight is 166 g/mol. The van der Waals surface area contributed by atoms with Gasteiger partial charge in [0.05, 0.1) is 7.11 Å². The molecule has 0 bridgehead atoms. The summed E-state index contributed by atoms with van der Waals surface area (Å²) in [7, 11) is 1.21. The first-order valence-corrected chi connectivity index (χ1v) is 2.99. The van der Waals surface area contributed by atoms with Crippen molar-refractivity contribution in [3.63, 3.8) is 0 Å². The Balaban J connectivity index is 3.68. The molecule has 1 unspecified atom stereocenters. The Labute approximate surface area is 63.5 Å². The third kappa shape index (κ3) is 3.29. The van der Waals surface area contributed by atoms with Crippen LogP contribution in [0.15, 0.2) is 0 Å². The standard InChI is InChI=1S/C5H8ClNO3/c1-3(4(6)8)7-5(9)10-2/h3H,1-2H3,(H,7,9). The zero-order valence-electron chi connectivity index (χ0n) is 5.68. The van der Waals surface area contributed by atoms with Crippen molar-refractivity contribution in [1.29, 1.82) is 0 Å². The van der Waals surface area contributed by atoms with Gasteiger partial charge >= 0.3 is 6.09 Å². The van der Waals surface area contributed by atoms with Crippen molar-refractivity contribution in [2.24, 2.45) is 0 Å². The second-order valence-electron chi connectivity index (χ2n) is 1.66. The second kappa shape index (κ2) is 4.11. The number of ether oxygens (including phenoxy) is 1. The number of amides is 1. The van der Waals surface area contributed by atoms with Crippen molar-refractivity contribution in [3.05, 3.63) is 0 Å². The molecule has 10 heavy (non-hydrogen) atoms. The van der Waals surface area contributed by atoms with E-state index in [4.69, 9.17) is 11.6 Å². The molecule has 0 radical (unpaired) electrons. The summed E-state index contributed by atoms with van der Waals surface area (Å²) in [6, 6.07) is -0.700. The number of methoxy groups -OCH3 is 1. The van der Waals surface area contributed by atoms with Gasteiger partial charge in [-0.3, -0.25) is 4.79 Å². The number of alkyl carbamates (subject to hydrolysis) is 1. The van der Waals surface area contributed by atoms with Gasteiger partial charge in [-0.2, -0.15) is 0 Å². The smallest absolute Gasteiger partial charge is 0.407 e. The molecule has 1 atom stereocenters. The van der Waals surface area contributed by atoms with Gasteiger partial charge in [-0.15, -0.1) is 0 Å². The molecule has 0 aliphatic heterocycles. The first kappa shape index (κ1) is 9.23. The SMILES string of the molecule is COC(=O)NC(C)C(=O)Cl. The number of nitrogens with one attached hydrogen (secondary N) is 1. The van der Waals surface area contributed by atoms with Crippen LogP contribution < -0.4 is 5.32 Å². The van der Waals surface area contributed by atoms with Gasteiger partial charge in [0.1, 0.15) is 6.04 Å². The van der Waals surface area contributed by atoms with Gasteiger partial charge < -0.3 is 10.1 Å². The Morgan fingerprint density at radius 2 is 2.10 bits per heavy atom. The van der Waals surface area contributed by atoms with Crippen LogP contribution in [0.5, 0.6) is 0 Å². The number of carbonyl (C=O) groups excluding carboxylic acids is 2. The van der Waals surface area contributed by atoms with E-state index in [2.05, 4.69) is 10.1 Å². The molecule has 0 fully saturated rings. The quantitative estimate of drug-likeness (QED) is 0.607. The van der Waals surface area contributed by atoms with Crippen LogP contribution in [-0.4, -0.2) is 24.5 Å². The molecule has 0 aromatic carbocycles. The number of carbonyl (C=O) groups is 2. The lowest BCUT2D eigenvalue weighted by atomic mass is 10.4. The maximum absolute atomic E-state index is 10.4. The molecule has 0 heterocycles. The van der Waals surface area contributed by atoms with E-state index >= 15 is 0 Å². The number of hydrogen-bond acceptors (Lipinski definition) is 3. The van der Waals surface area contributed by atoms with E-state index in [9.17, 15) is 9.59 Å². The normalized spacial score (nSPS) is 11.9. The van der Waals surface area contributed by atoms with E-state index in [1.165, 1.54) is 14.0 Å². The Kier molecular flexibility index (Phi) is 3.79. The van der Waals surface area contributed by atoms with Gasteiger partial charge in [0.2, 0.25) is 5.24 Å². The van der Waals surface area contributed by atoms with Crippen LogP contribution in [0.4, 0.5) is 4.79 Å². The Morgan fingerprint density at radius 1 is 1.60 bits per heavy atom. The first-order chi connectivity index (χ1) is 4.57. The molecular formula is C5H8ClNO3. The lowest BCUT2D eigenvalue weighted by Crippen LogP contribution is -2.36. The molecule has 0 saturated carbocycles. The highest BCUT2D eigenvalue weighted by Crippen LogP contribution is 1.89. The number of halogens is 1. The van der Waals surface area contributed by atoms with Crippen LogP contribution in [-0.2, 0) is 9.53 Å². The van der Waals surface area contributed by atoms with Crippen molar-refractivity contribution in [3.8, 4) is 0 Å². The lowest BCUT2D eigenvalue weighted by molar-refractivity contribution is -0.113. The minimum atomic E-state index is -0.700. The highest BCUT2D eigenvalue weighted by molar-refractivity contribution is 6.64. The number of hydrogen-bond donors (Lipinski definition) is 1. The van der Waals surface area contributed by atoms with Crippen molar-refractivity contribution in [2.75, 3.05) is 7.11 Å². The van der Waals surface area contributed by atoms with Crippen molar-refractivity contribution in [2.45, 2.75) is 13.0 Å². The predicted octanol–water partition coefficient (Wildman–Crippen LogP) is 0.496. The summed E-state index contributed by atoms with van der Waals surface area (Å²) < 4.78 is 4.21. The van der Waals surface area contributed by atoms with Crippen LogP contribution in [0.2, 0.25) is 0 Å². The minimum absolute atomic E-state index is 0.620. The molecule has 5 heteroatoms. The molecule has 1 amide bonds. The Hall–Kier alpha value is -0.770. The third-order valence-electron chi connectivity index (χ3n) is 0.860. The topological polar surface area (TPSA) is 55.4 Å². The van der Waals surface area contributed by atoms with Crippen LogP contribution in [0.25, 0.3) is 0 Å². The monoisotopic (exact) mass is 165 g/mol. The van der Waals surface area contributed by atoms with Gasteiger partial charge in [0, 0.05) is 0 Å². The van der Waals surface area contributed by atoms with Gasteiger partial charge in [0.25, 0.3) is 0 Å². The zero-order chi connectivity index (χ0) is 8.15. The van der Waals surface area contributed by atoms with Crippen LogP contribution in [0.3, 0.4) is 0 Å². The molecule has 0 rings (SSSR count). The summed E-state index contributed by atoms with van der Waals surface area (Å²) >= 11 is 5.02. The molecule has 0 aromatic rings. The Morgan fingerprint density at radius 3 is 2.40 bits per heavy atom. The summed E-state index contributed by atoms with van der Waals surface area (Å²) in [4.78, 5) is 20.7. The van der Waals surface area contributed by atoms with E-state index in [1.54, 1.807) is 0 Å². The fourth-order valence-corrected chi connectivity index (χ4v) is 0.347. The summed E-state index contributed by atoms with van der Waals surface area (Å²) in [5.74, 6) is 0. The van der Waals surface area contributed by atoms with Gasteiger partial charge in [-0.05, 0) is 18.5 Å². The van der Waals surface area contributed by atoms with Crippen molar-refractivity contribution in [1.82, 2.24) is 5.32 Å². The van der Waals surface area contributed by atoms with Crippen LogP contribution in [0.1, 0.15) is 6.92 Å². The summed E-state index contributed by atoms with van der Waals surface area (Å²) in [5, 5.41) is 1.57. The zero-order valence-corrected chi connectivity index (χ0v) is 6.44. The summed E-state index contributed by atoms with van der Waals surface area (Å²) in [5.41, 5.74) is 0. The lowest BCUT2D eigenvalue weighted by Gasteiger charge is -2.06. The molecule has 0 aliphatic rings. The first-order valence-electron chi connectivity index (χ1n) is 2.61. The maximum atomic E-state index is 10.4. The van der Waals surface area contributed by atoms with E-state index in [0.29, 0.717) is 0 Å². The van der Waals surface area contributed by atoms with Gasteiger partial charge in [0.15, 0.2) is 0 Å². The van der Waals surface area contributed by atoms with E-state index < -0.39 is 17.4 Å². The summed E-state index contributed by atoms with van der Waals surface area (Å²) in [6.45, 7) is 1.46. The predicted molar refractivity (Wildman–Crippen MR) is 35.9 cm³/mol. The van der Waals surface area contributed by atoms with E-state index in [0.717, 1.165) is 0 Å². The van der Waals surface area contributed by atoms with E-state index in [-0.39, 0.29) is 0 Å². The molecule has 0 saturated heterocycles. The minimum Gasteiger partial charge on any atom is -0.453 e. The average Bonchev–Trinajstić information content (AvgIpc) is 1.87. The molecule has 0 spiro atoms. The fraction of sp³-hybridized carbons (Fsp3) is 0.600. The second-order valence-corrected chi connectivity index (χ2v) is 2.03. The Bertz CT molecular complexity index is 148. The molecule has 0 aromatic heterocycles. The van der Waals surface area contributed by atoms with Gasteiger partial charge in [-0.1, -0.05) is 0 Å². The molecule has 4 nitrogen and oxygen atoms in total. The molecule has 0 aliphatic carbocycles. The van der Waals surface area contributed by atoms with Crippen molar-refractivity contribution < 1.29 is 14.3 Å². The fourth-order valence-electron chi connectivity index (χ4n) is 0.292. The highest BCUT2D eigenvalue weighted by Gasteiger charge is 2.11. The third-order valence-corrected chi connectivity index (χ3v) is 1.19. The largest absolute Gasteiger partial charge is 0.453 e. The summed E-state index contributed by atoms with van der Waals surface area (Å²) in [6.07, 6.45) is -0.665. The van der Waals surface area contributed by atoms with Crippen LogP contribution >= 0.6 is 11.6 Å².